The number of fused-ring (bicyclic) bond motifs is 1. The van der Waals surface area contributed by atoms with E-state index in [0.717, 1.165) is 49.3 Å². The van der Waals surface area contributed by atoms with Crippen LogP contribution in [0.2, 0.25) is 0 Å². The summed E-state index contributed by atoms with van der Waals surface area (Å²) in [5.74, 6) is 0.933. The maximum absolute atomic E-state index is 12.7. The molecule has 2 aromatic rings. The lowest BCUT2D eigenvalue weighted by molar-refractivity contribution is -0.125. The third-order valence-electron chi connectivity index (χ3n) is 5.63. The number of pyridine rings is 1. The molecule has 4 heteroatoms. The van der Waals surface area contributed by atoms with Crippen LogP contribution in [0.15, 0.2) is 61.0 Å². The number of allylic oxidation sites excluding steroid dienone is 2. The molecule has 1 N–H and O–H groups in total. The lowest BCUT2D eigenvalue weighted by Gasteiger charge is -2.19. The number of amides is 1. The summed E-state index contributed by atoms with van der Waals surface area (Å²) in [5.41, 5.74) is 7.06. The van der Waals surface area contributed by atoms with Crippen molar-refractivity contribution in [3.05, 3.63) is 83.2 Å². The minimum absolute atomic E-state index is 0.0523. The second-order valence-corrected chi connectivity index (χ2v) is 7.77. The first-order valence-corrected chi connectivity index (χ1v) is 10.3. The molecule has 0 aliphatic carbocycles. The SMILES string of the molecule is C=C1CCc2cc(/C=C/C(=O)N3CC=C(c4ccccc4C)CCC3)cnc2N1. The van der Waals surface area contributed by atoms with Crippen LogP contribution in [0, 0.1) is 6.92 Å². The number of hydrogen-bond donors (Lipinski definition) is 1. The van der Waals surface area contributed by atoms with Gasteiger partial charge in [-0.1, -0.05) is 36.9 Å². The maximum atomic E-state index is 12.7. The second kappa shape index (κ2) is 8.48. The van der Waals surface area contributed by atoms with E-state index in [0.29, 0.717) is 6.54 Å². The zero-order valence-corrected chi connectivity index (χ0v) is 16.9. The lowest BCUT2D eigenvalue weighted by atomic mass is 9.97. The Morgan fingerprint density at radius 3 is 2.97 bits per heavy atom. The first-order valence-electron chi connectivity index (χ1n) is 10.3. The van der Waals surface area contributed by atoms with E-state index in [4.69, 9.17) is 0 Å². The van der Waals surface area contributed by atoms with E-state index in [9.17, 15) is 4.79 Å². The van der Waals surface area contributed by atoms with E-state index in [1.807, 2.05) is 11.0 Å². The van der Waals surface area contributed by atoms with Crippen molar-refractivity contribution in [1.82, 2.24) is 9.88 Å². The van der Waals surface area contributed by atoms with E-state index >= 15 is 0 Å². The van der Waals surface area contributed by atoms with Crippen molar-refractivity contribution in [2.75, 3.05) is 18.4 Å². The zero-order chi connectivity index (χ0) is 20.2. The molecule has 29 heavy (non-hydrogen) atoms. The topological polar surface area (TPSA) is 45.2 Å². The number of nitrogens with one attached hydrogen (secondary N) is 1. The summed E-state index contributed by atoms with van der Waals surface area (Å²) in [5, 5.41) is 3.22. The van der Waals surface area contributed by atoms with Crippen LogP contribution in [-0.4, -0.2) is 28.9 Å². The van der Waals surface area contributed by atoms with Gasteiger partial charge in [0, 0.05) is 31.1 Å². The Bertz CT molecular complexity index is 1000. The smallest absolute Gasteiger partial charge is 0.246 e. The van der Waals surface area contributed by atoms with Crippen molar-refractivity contribution in [3.63, 3.8) is 0 Å². The number of carbonyl (C=O) groups is 1. The summed E-state index contributed by atoms with van der Waals surface area (Å²) >= 11 is 0. The number of rotatable bonds is 3. The molecule has 0 saturated heterocycles. The van der Waals surface area contributed by atoms with Crippen LogP contribution in [0.5, 0.6) is 0 Å². The highest BCUT2D eigenvalue weighted by Crippen LogP contribution is 2.26. The molecule has 2 aliphatic heterocycles. The van der Waals surface area contributed by atoms with Crippen molar-refractivity contribution < 1.29 is 4.79 Å². The molecule has 148 valence electrons. The number of carbonyl (C=O) groups excluding carboxylic acids is 1. The molecule has 3 heterocycles. The van der Waals surface area contributed by atoms with Crippen molar-refractivity contribution >= 4 is 23.4 Å². The molecule has 1 aromatic heterocycles. The molecule has 2 aliphatic rings. The molecule has 0 bridgehead atoms. The van der Waals surface area contributed by atoms with Gasteiger partial charge in [0.05, 0.1) is 0 Å². The van der Waals surface area contributed by atoms with E-state index < -0.39 is 0 Å². The normalized spacial score (nSPS) is 16.8. The zero-order valence-electron chi connectivity index (χ0n) is 16.9. The Balaban J connectivity index is 1.43. The summed E-state index contributed by atoms with van der Waals surface area (Å²) in [4.78, 5) is 19.1. The van der Waals surface area contributed by atoms with Gasteiger partial charge in [0.2, 0.25) is 5.91 Å². The van der Waals surface area contributed by atoms with E-state index in [-0.39, 0.29) is 5.91 Å². The fourth-order valence-electron chi connectivity index (χ4n) is 3.96. The summed E-state index contributed by atoms with van der Waals surface area (Å²) in [6.07, 6.45) is 11.4. The van der Waals surface area contributed by atoms with Crippen LogP contribution in [0.4, 0.5) is 5.82 Å². The molecule has 1 aromatic carbocycles. The van der Waals surface area contributed by atoms with E-state index in [1.54, 1.807) is 12.3 Å². The molecular weight excluding hydrogens is 358 g/mol. The number of anilines is 1. The van der Waals surface area contributed by atoms with Crippen molar-refractivity contribution in [1.29, 1.82) is 0 Å². The van der Waals surface area contributed by atoms with Crippen molar-refractivity contribution in [2.24, 2.45) is 0 Å². The van der Waals surface area contributed by atoms with Gasteiger partial charge < -0.3 is 10.2 Å². The molecule has 0 spiro atoms. The minimum Gasteiger partial charge on any atom is -0.344 e. The predicted molar refractivity (Wildman–Crippen MR) is 119 cm³/mol. The fraction of sp³-hybridized carbons (Fsp3) is 0.280. The Hall–Kier alpha value is -3.14. The lowest BCUT2D eigenvalue weighted by Crippen LogP contribution is -2.29. The van der Waals surface area contributed by atoms with Crippen molar-refractivity contribution in [3.8, 4) is 0 Å². The number of nitrogens with zero attached hydrogens (tertiary/aromatic N) is 2. The average molecular weight is 386 g/mol. The van der Waals surface area contributed by atoms with Gasteiger partial charge in [0.25, 0.3) is 0 Å². The highest BCUT2D eigenvalue weighted by atomic mass is 16.2. The van der Waals surface area contributed by atoms with Crippen LogP contribution >= 0.6 is 0 Å². The number of aromatic nitrogens is 1. The Labute approximate surface area is 172 Å². The van der Waals surface area contributed by atoms with Crippen LogP contribution in [0.1, 0.15) is 41.5 Å². The van der Waals surface area contributed by atoms with Crippen LogP contribution < -0.4 is 5.32 Å². The van der Waals surface area contributed by atoms with Gasteiger partial charge >= 0.3 is 0 Å². The summed E-state index contributed by atoms with van der Waals surface area (Å²) < 4.78 is 0. The molecule has 4 rings (SSSR count). The number of hydrogen-bond acceptors (Lipinski definition) is 3. The Morgan fingerprint density at radius 1 is 1.24 bits per heavy atom. The molecule has 0 radical (unpaired) electrons. The summed E-state index contributed by atoms with van der Waals surface area (Å²) in [6, 6.07) is 10.6. The highest BCUT2D eigenvalue weighted by Gasteiger charge is 2.16. The quantitative estimate of drug-likeness (QED) is 0.758. The first kappa shape index (κ1) is 19.2. The number of aryl methyl sites for hydroxylation is 2. The Kier molecular flexibility index (Phi) is 5.61. The molecule has 0 fully saturated rings. The molecule has 0 unspecified atom stereocenters. The standard InChI is InChI=1S/C25H27N3O/c1-18-6-3-4-8-23(18)21-7-5-14-28(15-13-21)24(29)12-10-20-16-22-11-9-19(2)27-25(22)26-17-20/h3-4,6,8,10,12-13,16-17H,2,5,7,9,11,14-15H2,1H3,(H,26,27)/b12-10+. The largest absolute Gasteiger partial charge is 0.344 e. The van der Waals surface area contributed by atoms with Gasteiger partial charge in [-0.2, -0.15) is 0 Å². The van der Waals surface area contributed by atoms with Crippen molar-refractivity contribution in [2.45, 2.75) is 32.6 Å². The second-order valence-electron chi connectivity index (χ2n) is 7.77. The van der Waals surface area contributed by atoms with Gasteiger partial charge in [-0.25, -0.2) is 4.98 Å². The minimum atomic E-state index is 0.0523. The van der Waals surface area contributed by atoms with E-state index in [1.165, 1.54) is 22.3 Å². The molecule has 1 amide bonds. The third-order valence-corrected chi connectivity index (χ3v) is 5.63. The molecule has 0 saturated carbocycles. The van der Waals surface area contributed by atoms with Gasteiger partial charge in [-0.15, -0.1) is 0 Å². The van der Waals surface area contributed by atoms with Gasteiger partial charge in [-0.05, 0) is 72.6 Å². The monoisotopic (exact) mass is 385 g/mol. The maximum Gasteiger partial charge on any atom is 0.246 e. The summed E-state index contributed by atoms with van der Waals surface area (Å²) in [7, 11) is 0. The fourth-order valence-corrected chi connectivity index (χ4v) is 3.96. The highest BCUT2D eigenvalue weighted by molar-refractivity contribution is 5.92. The molecule has 4 nitrogen and oxygen atoms in total. The van der Waals surface area contributed by atoms with Crippen LogP contribution in [0.3, 0.4) is 0 Å². The Morgan fingerprint density at radius 2 is 2.10 bits per heavy atom. The molecule has 0 atom stereocenters. The average Bonchev–Trinajstić information content (AvgIpc) is 2.98. The first-order chi connectivity index (χ1) is 14.1. The predicted octanol–water partition coefficient (Wildman–Crippen LogP) is 4.98. The molecular formula is C25H27N3O. The third kappa shape index (κ3) is 4.48. The van der Waals surface area contributed by atoms with Gasteiger partial charge in [0.1, 0.15) is 5.82 Å². The van der Waals surface area contributed by atoms with Crippen LogP contribution in [0.25, 0.3) is 11.6 Å². The number of benzene rings is 1. The van der Waals surface area contributed by atoms with E-state index in [2.05, 4.69) is 60.2 Å². The van der Waals surface area contributed by atoms with Gasteiger partial charge in [-0.3, -0.25) is 4.79 Å². The van der Waals surface area contributed by atoms with Crippen LogP contribution in [-0.2, 0) is 11.2 Å². The summed E-state index contributed by atoms with van der Waals surface area (Å²) in [6.45, 7) is 7.54. The van der Waals surface area contributed by atoms with Gasteiger partial charge in [0.15, 0.2) is 0 Å².